The van der Waals surface area contributed by atoms with E-state index in [4.69, 9.17) is 4.42 Å². The van der Waals surface area contributed by atoms with Crippen molar-refractivity contribution in [2.75, 3.05) is 32.7 Å². The summed E-state index contributed by atoms with van der Waals surface area (Å²) in [6.07, 6.45) is 1.82. The fourth-order valence-corrected chi connectivity index (χ4v) is 2.83. The maximum Gasteiger partial charge on any atom is 0.122 e. The Kier molecular flexibility index (Phi) is 6.27. The molecule has 0 unspecified atom stereocenters. The van der Waals surface area contributed by atoms with Gasteiger partial charge in [0.05, 0.1) is 12.8 Å². The molecule has 0 bridgehead atoms. The first-order chi connectivity index (χ1) is 10.0. The molecular weight excluding hydrogens is 262 g/mol. The Labute approximate surface area is 129 Å². The molecule has 0 aliphatic carbocycles. The molecule has 1 fully saturated rings. The molecule has 0 aromatic carbocycles. The summed E-state index contributed by atoms with van der Waals surface area (Å²) in [6, 6.07) is 2.60. The summed E-state index contributed by atoms with van der Waals surface area (Å²) in [7, 11) is 0. The molecule has 1 aromatic heterocycles. The van der Waals surface area contributed by atoms with Crippen LogP contribution in [0.2, 0.25) is 0 Å². The van der Waals surface area contributed by atoms with E-state index in [2.05, 4.69) is 48.9 Å². The van der Waals surface area contributed by atoms with Crippen molar-refractivity contribution < 1.29 is 4.42 Å². The molecule has 0 atom stereocenters. The highest BCUT2D eigenvalue weighted by molar-refractivity contribution is 5.17. The third-order valence-corrected chi connectivity index (χ3v) is 3.99. The summed E-state index contributed by atoms with van der Waals surface area (Å²) in [5.41, 5.74) is 1.30. The molecule has 1 aliphatic heterocycles. The Hall–Kier alpha value is -0.840. The van der Waals surface area contributed by atoms with Gasteiger partial charge in [0.2, 0.25) is 0 Å². The van der Waals surface area contributed by atoms with E-state index in [1.54, 1.807) is 0 Å². The second-order valence-corrected chi connectivity index (χ2v) is 6.88. The van der Waals surface area contributed by atoms with Crippen LogP contribution in [0.1, 0.15) is 39.0 Å². The summed E-state index contributed by atoms with van der Waals surface area (Å²) >= 11 is 0. The number of rotatable bonds is 7. The summed E-state index contributed by atoms with van der Waals surface area (Å²) in [4.78, 5) is 5.08. The van der Waals surface area contributed by atoms with Gasteiger partial charge >= 0.3 is 0 Å². The smallest absolute Gasteiger partial charge is 0.122 e. The van der Waals surface area contributed by atoms with Gasteiger partial charge in [0.15, 0.2) is 0 Å². The Bertz CT molecular complexity index is 406. The van der Waals surface area contributed by atoms with Gasteiger partial charge < -0.3 is 14.6 Å². The lowest BCUT2D eigenvalue weighted by molar-refractivity contribution is 0.111. The standard InChI is InChI=1S/C17H31N3O/c1-14(2)12-19-6-8-20(9-7-19)13-17-16(5-10-21-17)11-18-15(3)4/h5,10,14-15,18H,6-9,11-13H2,1-4H3. The highest BCUT2D eigenvalue weighted by Gasteiger charge is 2.19. The molecule has 1 saturated heterocycles. The third-order valence-electron chi connectivity index (χ3n) is 3.99. The van der Waals surface area contributed by atoms with Crippen molar-refractivity contribution in [3.05, 3.63) is 23.7 Å². The Morgan fingerprint density at radius 2 is 1.76 bits per heavy atom. The molecule has 0 spiro atoms. The molecule has 1 aromatic rings. The molecular formula is C17H31N3O. The first-order valence-electron chi connectivity index (χ1n) is 8.28. The number of piperazine rings is 1. The van der Waals surface area contributed by atoms with E-state index >= 15 is 0 Å². The van der Waals surface area contributed by atoms with Gasteiger partial charge in [-0.25, -0.2) is 0 Å². The van der Waals surface area contributed by atoms with Gasteiger partial charge in [0, 0.05) is 50.9 Å². The van der Waals surface area contributed by atoms with Crippen LogP contribution < -0.4 is 5.32 Å². The molecule has 0 amide bonds. The highest BCUT2D eigenvalue weighted by atomic mass is 16.3. The average molecular weight is 293 g/mol. The average Bonchev–Trinajstić information content (AvgIpc) is 2.85. The monoisotopic (exact) mass is 293 g/mol. The van der Waals surface area contributed by atoms with Crippen molar-refractivity contribution in [3.63, 3.8) is 0 Å². The maximum absolute atomic E-state index is 5.70. The SMILES string of the molecule is CC(C)CN1CCN(Cc2occc2CNC(C)C)CC1. The van der Waals surface area contributed by atoms with Crippen LogP contribution >= 0.6 is 0 Å². The highest BCUT2D eigenvalue weighted by Crippen LogP contribution is 2.15. The van der Waals surface area contributed by atoms with Crippen LogP contribution in [-0.4, -0.2) is 48.6 Å². The molecule has 1 aliphatic rings. The van der Waals surface area contributed by atoms with Crippen molar-refractivity contribution in [1.29, 1.82) is 0 Å². The van der Waals surface area contributed by atoms with Crippen LogP contribution in [0.15, 0.2) is 16.7 Å². The minimum absolute atomic E-state index is 0.507. The van der Waals surface area contributed by atoms with Crippen LogP contribution in [0.4, 0.5) is 0 Å². The molecule has 120 valence electrons. The van der Waals surface area contributed by atoms with Crippen LogP contribution in [0.25, 0.3) is 0 Å². The molecule has 1 N–H and O–H groups in total. The molecule has 4 nitrogen and oxygen atoms in total. The molecule has 0 radical (unpaired) electrons. The van der Waals surface area contributed by atoms with E-state index in [9.17, 15) is 0 Å². The topological polar surface area (TPSA) is 31.6 Å². The molecule has 0 saturated carbocycles. The number of nitrogens with one attached hydrogen (secondary N) is 1. The Morgan fingerprint density at radius 1 is 1.10 bits per heavy atom. The van der Waals surface area contributed by atoms with Crippen LogP contribution in [0.3, 0.4) is 0 Å². The van der Waals surface area contributed by atoms with Gasteiger partial charge in [0.1, 0.15) is 5.76 Å². The quantitative estimate of drug-likeness (QED) is 0.837. The van der Waals surface area contributed by atoms with Gasteiger partial charge in [-0.2, -0.15) is 0 Å². The largest absolute Gasteiger partial charge is 0.468 e. The number of hydrogen-bond acceptors (Lipinski definition) is 4. The number of nitrogens with zero attached hydrogens (tertiary/aromatic N) is 2. The van der Waals surface area contributed by atoms with Crippen molar-refractivity contribution in [2.45, 2.75) is 46.8 Å². The fraction of sp³-hybridized carbons (Fsp3) is 0.765. The first-order valence-corrected chi connectivity index (χ1v) is 8.28. The Balaban J connectivity index is 1.79. The van der Waals surface area contributed by atoms with Crippen molar-refractivity contribution in [2.24, 2.45) is 5.92 Å². The first kappa shape index (κ1) is 16.5. The second-order valence-electron chi connectivity index (χ2n) is 6.88. The zero-order valence-electron chi connectivity index (χ0n) is 14.1. The summed E-state index contributed by atoms with van der Waals surface area (Å²) < 4.78 is 5.70. The normalized spacial score (nSPS) is 18.0. The fourth-order valence-electron chi connectivity index (χ4n) is 2.83. The molecule has 21 heavy (non-hydrogen) atoms. The van der Waals surface area contributed by atoms with Gasteiger partial charge in [0.25, 0.3) is 0 Å². The summed E-state index contributed by atoms with van der Waals surface area (Å²) in [5.74, 6) is 1.88. The van der Waals surface area contributed by atoms with Gasteiger partial charge in [-0.15, -0.1) is 0 Å². The van der Waals surface area contributed by atoms with E-state index in [-0.39, 0.29) is 0 Å². The van der Waals surface area contributed by atoms with E-state index in [1.165, 1.54) is 25.2 Å². The second kappa shape index (κ2) is 7.97. The van der Waals surface area contributed by atoms with E-state index in [0.29, 0.717) is 6.04 Å². The Morgan fingerprint density at radius 3 is 2.38 bits per heavy atom. The van der Waals surface area contributed by atoms with E-state index < -0.39 is 0 Å². The van der Waals surface area contributed by atoms with E-state index in [1.807, 2.05) is 6.26 Å². The zero-order chi connectivity index (χ0) is 15.2. The number of furan rings is 1. The summed E-state index contributed by atoms with van der Waals surface area (Å²) in [6.45, 7) is 16.6. The minimum Gasteiger partial charge on any atom is -0.468 e. The predicted molar refractivity (Wildman–Crippen MR) is 87.2 cm³/mol. The molecule has 2 heterocycles. The van der Waals surface area contributed by atoms with Gasteiger partial charge in [-0.05, 0) is 12.0 Å². The third kappa shape index (κ3) is 5.46. The van der Waals surface area contributed by atoms with Crippen molar-refractivity contribution in [3.8, 4) is 0 Å². The van der Waals surface area contributed by atoms with Gasteiger partial charge in [-0.1, -0.05) is 27.7 Å². The lowest BCUT2D eigenvalue weighted by Crippen LogP contribution is -2.46. The molecule has 4 heteroatoms. The molecule has 2 rings (SSSR count). The summed E-state index contributed by atoms with van der Waals surface area (Å²) in [5, 5.41) is 3.47. The van der Waals surface area contributed by atoms with Crippen LogP contribution in [0, 0.1) is 5.92 Å². The van der Waals surface area contributed by atoms with E-state index in [0.717, 1.165) is 37.9 Å². The van der Waals surface area contributed by atoms with Gasteiger partial charge in [-0.3, -0.25) is 4.90 Å². The van der Waals surface area contributed by atoms with Crippen LogP contribution in [-0.2, 0) is 13.1 Å². The zero-order valence-corrected chi connectivity index (χ0v) is 14.1. The number of hydrogen-bond donors (Lipinski definition) is 1. The van der Waals surface area contributed by atoms with Crippen molar-refractivity contribution in [1.82, 2.24) is 15.1 Å². The predicted octanol–water partition coefficient (Wildman–Crippen LogP) is 2.55. The van der Waals surface area contributed by atoms with Crippen molar-refractivity contribution >= 4 is 0 Å². The maximum atomic E-state index is 5.70. The lowest BCUT2D eigenvalue weighted by atomic mass is 10.2. The minimum atomic E-state index is 0.507. The lowest BCUT2D eigenvalue weighted by Gasteiger charge is -2.35. The van der Waals surface area contributed by atoms with Crippen LogP contribution in [0.5, 0.6) is 0 Å².